The number of likely N-dealkylation sites (N-methyl/N-ethyl adjacent to an activating group) is 1. The number of amides is 3. The number of fused-ring (bicyclic) bond motifs is 3. The third kappa shape index (κ3) is 4.03. The van der Waals surface area contributed by atoms with Crippen LogP contribution in [0.25, 0.3) is 0 Å². The Morgan fingerprint density at radius 1 is 1.18 bits per heavy atom. The number of benzene rings is 1. The van der Waals surface area contributed by atoms with Crippen LogP contribution in [0, 0.1) is 11.8 Å². The summed E-state index contributed by atoms with van der Waals surface area (Å²) in [6.07, 6.45) is 0.132. The van der Waals surface area contributed by atoms with Crippen LogP contribution in [-0.2, 0) is 27.3 Å². The minimum atomic E-state index is -2.69. The van der Waals surface area contributed by atoms with Crippen molar-refractivity contribution in [2.75, 3.05) is 40.4 Å². The van der Waals surface area contributed by atoms with Gasteiger partial charge in [-0.3, -0.25) is 19.3 Å². The lowest BCUT2D eigenvalue weighted by atomic mass is 9.58. The van der Waals surface area contributed by atoms with Gasteiger partial charge in [0.1, 0.15) is 22.8 Å². The number of ether oxygens (including phenoxy) is 1. The third-order valence-corrected chi connectivity index (χ3v) is 8.43. The Morgan fingerprint density at radius 2 is 1.85 bits per heavy atom. The normalized spacial score (nSPS) is 28.3. The number of Topliss-reactive ketones (excluding diaryl/α,β-unsaturated/α-hetero) is 2. The van der Waals surface area contributed by atoms with Crippen molar-refractivity contribution >= 4 is 23.5 Å². The average molecular weight is 557 g/mol. The van der Waals surface area contributed by atoms with Crippen LogP contribution in [0.1, 0.15) is 27.9 Å². The lowest BCUT2D eigenvalue weighted by Crippen LogP contribution is -2.63. The second-order valence-electron chi connectivity index (χ2n) is 10.8. The number of nitrogens with two attached hydrogens (primary N) is 1. The van der Waals surface area contributed by atoms with Gasteiger partial charge in [-0.15, -0.1) is 0 Å². The summed E-state index contributed by atoms with van der Waals surface area (Å²) in [6, 6.07) is 1.55. The largest absolute Gasteiger partial charge is 0.510 e. The third-order valence-electron chi connectivity index (χ3n) is 8.43. The zero-order chi connectivity index (χ0) is 29.1. The zero-order valence-electron chi connectivity index (χ0n) is 22.1. The highest BCUT2D eigenvalue weighted by Gasteiger charge is 2.63. The van der Waals surface area contributed by atoms with E-state index in [0.29, 0.717) is 37.4 Å². The number of ketones is 2. The fourth-order valence-electron chi connectivity index (χ4n) is 6.53. The number of rotatable bonds is 4. The lowest BCUT2D eigenvalue weighted by molar-refractivity contribution is -0.148. The highest BCUT2D eigenvalue weighted by molar-refractivity contribution is 6.24. The molecule has 4 aliphatic rings. The molecular weight excluding hydrogens is 524 g/mol. The first-order valence-corrected chi connectivity index (χ1v) is 13.0. The van der Waals surface area contributed by atoms with Crippen LogP contribution in [0.3, 0.4) is 0 Å². The molecule has 1 saturated heterocycles. The first kappa shape index (κ1) is 27.6. The summed E-state index contributed by atoms with van der Waals surface area (Å²) in [6.45, 7) is 1.84. The van der Waals surface area contributed by atoms with Gasteiger partial charge in [0.2, 0.25) is 5.78 Å². The van der Waals surface area contributed by atoms with E-state index in [1.807, 2.05) is 0 Å². The number of aliphatic hydroxyl groups is 3. The summed E-state index contributed by atoms with van der Waals surface area (Å²) >= 11 is 0. The van der Waals surface area contributed by atoms with Crippen LogP contribution >= 0.6 is 0 Å². The Kier molecular flexibility index (Phi) is 6.84. The zero-order valence-corrected chi connectivity index (χ0v) is 22.1. The summed E-state index contributed by atoms with van der Waals surface area (Å²) in [7, 11) is 3.14. The molecule has 0 unspecified atom stereocenters. The molecule has 1 aromatic carbocycles. The van der Waals surface area contributed by atoms with Gasteiger partial charge in [0.05, 0.1) is 24.8 Å². The molecular formula is C27H32N4O9. The number of allylic oxidation sites excluding steroid dienone is 1. The number of urea groups is 1. The molecule has 7 N–H and O–H groups in total. The van der Waals surface area contributed by atoms with Gasteiger partial charge in [0.15, 0.2) is 11.4 Å². The Hall–Kier alpha value is -3.94. The number of hydrogen-bond donors (Lipinski definition) is 6. The van der Waals surface area contributed by atoms with Gasteiger partial charge in [0.25, 0.3) is 5.91 Å². The molecule has 3 amide bonds. The summed E-state index contributed by atoms with van der Waals surface area (Å²) in [5.41, 5.74) is 2.54. The minimum Gasteiger partial charge on any atom is -0.510 e. The average Bonchev–Trinajstić information content (AvgIpc) is 2.90. The van der Waals surface area contributed by atoms with E-state index in [-0.39, 0.29) is 42.3 Å². The topological polar surface area (TPSA) is 203 Å². The predicted molar refractivity (Wildman–Crippen MR) is 138 cm³/mol. The number of aliphatic hydroxyl groups excluding tert-OH is 2. The molecule has 214 valence electrons. The van der Waals surface area contributed by atoms with Gasteiger partial charge in [-0.2, -0.15) is 0 Å². The number of hydrogen-bond acceptors (Lipinski definition) is 10. The van der Waals surface area contributed by atoms with Crippen molar-refractivity contribution in [3.05, 3.63) is 51.5 Å². The molecule has 0 bridgehead atoms. The van der Waals surface area contributed by atoms with Crippen molar-refractivity contribution in [3.8, 4) is 5.75 Å². The van der Waals surface area contributed by atoms with Crippen LogP contribution < -0.4 is 11.1 Å². The highest BCUT2D eigenvalue weighted by Crippen LogP contribution is 2.52. The van der Waals surface area contributed by atoms with E-state index < -0.39 is 58.0 Å². The van der Waals surface area contributed by atoms with Gasteiger partial charge in [-0.25, -0.2) is 4.79 Å². The molecule has 1 aliphatic heterocycles. The van der Waals surface area contributed by atoms with Crippen molar-refractivity contribution in [2.45, 2.75) is 31.0 Å². The van der Waals surface area contributed by atoms with E-state index in [0.717, 1.165) is 0 Å². The fourth-order valence-corrected chi connectivity index (χ4v) is 6.53. The second kappa shape index (κ2) is 9.91. The molecule has 3 aliphatic carbocycles. The molecule has 13 nitrogen and oxygen atoms in total. The molecule has 0 spiro atoms. The standard InChI is InChI=1S/C27H32N4O9/c1-30(2)20-15-10-13-9-14-12(11-29-26(38)31-5-7-40-8-6-31)3-4-16(32)18(14)21(33)17(13)23(35)27(15,39)24(36)19(22(20)34)25(28)37/h3-4,13,15,20,32,34-35,39H,5-11H2,1-2H3,(H2,28,37)(H,29,38)/t13-,15-,20+,27-/m0/s1. The van der Waals surface area contributed by atoms with Crippen molar-refractivity contribution in [1.82, 2.24) is 15.1 Å². The van der Waals surface area contributed by atoms with Crippen molar-refractivity contribution in [1.29, 1.82) is 0 Å². The van der Waals surface area contributed by atoms with Gasteiger partial charge >= 0.3 is 6.03 Å². The summed E-state index contributed by atoms with van der Waals surface area (Å²) in [5.74, 6) is -7.04. The van der Waals surface area contributed by atoms with E-state index in [4.69, 9.17) is 10.5 Å². The van der Waals surface area contributed by atoms with E-state index in [1.54, 1.807) is 25.1 Å². The maximum atomic E-state index is 13.8. The van der Waals surface area contributed by atoms with E-state index >= 15 is 0 Å². The van der Waals surface area contributed by atoms with Crippen LogP contribution in [0.5, 0.6) is 5.75 Å². The smallest absolute Gasteiger partial charge is 0.317 e. The second-order valence-corrected chi connectivity index (χ2v) is 10.8. The number of carbonyl (C=O) groups excluding carboxylic acids is 4. The maximum absolute atomic E-state index is 13.8. The van der Waals surface area contributed by atoms with Gasteiger partial charge in [-0.05, 0) is 50.0 Å². The number of phenolic OH excluding ortho intramolecular Hbond substituents is 1. The Labute approximate surface area is 229 Å². The number of primary amides is 1. The van der Waals surface area contributed by atoms with Gasteiger partial charge in [0, 0.05) is 31.1 Å². The van der Waals surface area contributed by atoms with E-state index in [9.17, 15) is 39.6 Å². The monoisotopic (exact) mass is 556 g/mol. The quantitative estimate of drug-likeness (QED) is 0.266. The molecule has 0 saturated carbocycles. The first-order valence-electron chi connectivity index (χ1n) is 13.0. The SMILES string of the molecule is CN(C)[C@H]1C(O)=C(C(N)=O)C(=O)[C@@]2(O)C(O)=C3C(=O)c4c(O)ccc(CNC(=O)N5CCOCC5)c4C[C@H]3C[C@@H]12. The van der Waals surface area contributed by atoms with Crippen LogP contribution in [-0.4, -0.2) is 106 Å². The molecule has 1 fully saturated rings. The Bertz CT molecular complexity index is 1380. The molecule has 4 atom stereocenters. The number of morpholine rings is 1. The summed E-state index contributed by atoms with van der Waals surface area (Å²) < 4.78 is 5.27. The van der Waals surface area contributed by atoms with E-state index in [2.05, 4.69) is 5.32 Å². The summed E-state index contributed by atoms with van der Waals surface area (Å²) in [5, 5.41) is 47.4. The maximum Gasteiger partial charge on any atom is 0.317 e. The molecule has 0 radical (unpaired) electrons. The van der Waals surface area contributed by atoms with Crippen molar-refractivity contribution in [2.24, 2.45) is 17.6 Å². The number of nitrogens with zero attached hydrogens (tertiary/aromatic N) is 2. The number of carbonyl (C=O) groups is 4. The molecule has 13 heteroatoms. The van der Waals surface area contributed by atoms with E-state index in [1.165, 1.54) is 11.0 Å². The molecule has 0 aromatic heterocycles. The van der Waals surface area contributed by atoms with Crippen LogP contribution in [0.15, 0.2) is 34.8 Å². The van der Waals surface area contributed by atoms with Crippen LogP contribution in [0.4, 0.5) is 4.79 Å². The minimum absolute atomic E-state index is 0.0129. The molecule has 1 heterocycles. The summed E-state index contributed by atoms with van der Waals surface area (Å²) in [4.78, 5) is 55.0. The number of phenols is 1. The molecule has 40 heavy (non-hydrogen) atoms. The molecule has 1 aromatic rings. The Balaban J connectivity index is 1.55. The number of aromatic hydroxyl groups is 1. The van der Waals surface area contributed by atoms with Gasteiger partial charge < -0.3 is 41.1 Å². The molecule has 5 rings (SSSR count). The van der Waals surface area contributed by atoms with Gasteiger partial charge in [-0.1, -0.05) is 6.07 Å². The van der Waals surface area contributed by atoms with Crippen molar-refractivity contribution in [3.63, 3.8) is 0 Å². The first-order chi connectivity index (χ1) is 18.9. The number of nitrogens with one attached hydrogen (secondary N) is 1. The predicted octanol–water partition coefficient (Wildman–Crippen LogP) is -0.338. The lowest BCUT2D eigenvalue weighted by Gasteiger charge is -2.50. The van der Waals surface area contributed by atoms with Crippen molar-refractivity contribution < 1.29 is 44.3 Å². The fraction of sp³-hybridized carbons (Fsp3) is 0.481. The Morgan fingerprint density at radius 3 is 2.48 bits per heavy atom. The highest BCUT2D eigenvalue weighted by atomic mass is 16.5. The van der Waals surface area contributed by atoms with Crippen LogP contribution in [0.2, 0.25) is 0 Å².